The van der Waals surface area contributed by atoms with E-state index in [0.29, 0.717) is 18.4 Å². The van der Waals surface area contributed by atoms with Crippen molar-refractivity contribution in [3.63, 3.8) is 0 Å². The molecular formula is C18H22N2O2. The summed E-state index contributed by atoms with van der Waals surface area (Å²) in [6.45, 7) is 0.667. The SMILES string of the molecule is O=C(CNC(=O)[C@@H]1C[C@H]2C=C[C@H]1C2)NCCc1ccccc1. The third-order valence-corrected chi connectivity index (χ3v) is 4.62. The van der Waals surface area contributed by atoms with Crippen molar-refractivity contribution in [3.8, 4) is 0 Å². The van der Waals surface area contributed by atoms with Crippen molar-refractivity contribution in [1.82, 2.24) is 10.6 Å². The number of hydrogen-bond acceptors (Lipinski definition) is 2. The van der Waals surface area contributed by atoms with Crippen molar-refractivity contribution < 1.29 is 9.59 Å². The Labute approximate surface area is 131 Å². The fraction of sp³-hybridized carbons (Fsp3) is 0.444. The van der Waals surface area contributed by atoms with Crippen molar-refractivity contribution in [2.75, 3.05) is 13.1 Å². The smallest absolute Gasteiger partial charge is 0.239 e. The second-order valence-corrected chi connectivity index (χ2v) is 6.19. The van der Waals surface area contributed by atoms with Gasteiger partial charge < -0.3 is 10.6 Å². The summed E-state index contributed by atoms with van der Waals surface area (Å²) in [7, 11) is 0. The fourth-order valence-electron chi connectivity index (χ4n) is 3.43. The highest BCUT2D eigenvalue weighted by molar-refractivity contribution is 5.86. The monoisotopic (exact) mass is 298 g/mol. The van der Waals surface area contributed by atoms with Crippen molar-refractivity contribution >= 4 is 11.8 Å². The van der Waals surface area contributed by atoms with Gasteiger partial charge in [-0.25, -0.2) is 0 Å². The zero-order chi connectivity index (χ0) is 15.4. The third-order valence-electron chi connectivity index (χ3n) is 4.62. The fourth-order valence-corrected chi connectivity index (χ4v) is 3.43. The number of amides is 2. The van der Waals surface area contributed by atoms with Crippen LogP contribution in [-0.2, 0) is 16.0 Å². The van der Waals surface area contributed by atoms with Gasteiger partial charge in [-0.1, -0.05) is 42.5 Å². The molecule has 1 aromatic carbocycles. The van der Waals surface area contributed by atoms with Gasteiger partial charge >= 0.3 is 0 Å². The standard InChI is InChI=1S/C18H22N2O2/c21-17(19-9-8-13-4-2-1-3-5-13)12-20-18(22)16-11-14-6-7-15(16)10-14/h1-7,14-16H,8-12H2,(H,19,21)(H,20,22)/t14-,15-,16+/m0/s1. The molecule has 1 aromatic rings. The molecule has 1 saturated carbocycles. The van der Waals surface area contributed by atoms with Gasteiger partial charge in [0.2, 0.25) is 11.8 Å². The number of nitrogens with one attached hydrogen (secondary N) is 2. The summed E-state index contributed by atoms with van der Waals surface area (Å²) in [5.74, 6) is 0.914. The van der Waals surface area contributed by atoms with Crippen LogP contribution in [0.5, 0.6) is 0 Å². The summed E-state index contributed by atoms with van der Waals surface area (Å²) in [5.41, 5.74) is 1.20. The summed E-state index contributed by atoms with van der Waals surface area (Å²) >= 11 is 0. The van der Waals surface area contributed by atoms with Crippen LogP contribution in [0.2, 0.25) is 0 Å². The summed E-state index contributed by atoms with van der Waals surface area (Å²) in [6.07, 6.45) is 7.20. The van der Waals surface area contributed by atoms with Gasteiger partial charge in [-0.2, -0.15) is 0 Å². The van der Waals surface area contributed by atoms with E-state index in [4.69, 9.17) is 0 Å². The zero-order valence-electron chi connectivity index (χ0n) is 12.6. The average molecular weight is 298 g/mol. The van der Waals surface area contributed by atoms with Crippen LogP contribution in [0.4, 0.5) is 0 Å². The van der Waals surface area contributed by atoms with Crippen LogP contribution in [0.15, 0.2) is 42.5 Å². The molecule has 0 aromatic heterocycles. The molecule has 0 spiro atoms. The second-order valence-electron chi connectivity index (χ2n) is 6.19. The Bertz CT molecular complexity index is 568. The molecule has 1 fully saturated rings. The third kappa shape index (κ3) is 3.56. The predicted molar refractivity (Wildman–Crippen MR) is 85.0 cm³/mol. The topological polar surface area (TPSA) is 58.2 Å². The first-order valence-corrected chi connectivity index (χ1v) is 7.99. The molecule has 2 aliphatic carbocycles. The largest absolute Gasteiger partial charge is 0.354 e. The van der Waals surface area contributed by atoms with E-state index in [9.17, 15) is 9.59 Å². The van der Waals surface area contributed by atoms with Crippen molar-refractivity contribution in [3.05, 3.63) is 48.0 Å². The molecule has 2 amide bonds. The molecule has 4 heteroatoms. The maximum Gasteiger partial charge on any atom is 0.239 e. The van der Waals surface area contributed by atoms with E-state index < -0.39 is 0 Å². The number of benzene rings is 1. The molecule has 0 radical (unpaired) electrons. The van der Waals surface area contributed by atoms with Gasteiger partial charge in [0, 0.05) is 12.5 Å². The van der Waals surface area contributed by atoms with E-state index in [0.717, 1.165) is 19.3 Å². The van der Waals surface area contributed by atoms with E-state index in [1.807, 2.05) is 30.3 Å². The Morgan fingerprint density at radius 1 is 1.05 bits per heavy atom. The first kappa shape index (κ1) is 14.8. The summed E-state index contributed by atoms with van der Waals surface area (Å²) in [6, 6.07) is 10.0. The lowest BCUT2D eigenvalue weighted by molar-refractivity contribution is -0.129. The Balaban J connectivity index is 1.34. The lowest BCUT2D eigenvalue weighted by Gasteiger charge is -2.17. The van der Waals surface area contributed by atoms with Crippen molar-refractivity contribution in [2.45, 2.75) is 19.3 Å². The van der Waals surface area contributed by atoms with Crippen LogP contribution in [0.1, 0.15) is 18.4 Å². The van der Waals surface area contributed by atoms with Crippen molar-refractivity contribution in [1.29, 1.82) is 0 Å². The van der Waals surface area contributed by atoms with Crippen LogP contribution < -0.4 is 10.6 Å². The maximum absolute atomic E-state index is 12.1. The second kappa shape index (κ2) is 6.77. The molecule has 2 bridgehead atoms. The summed E-state index contributed by atoms with van der Waals surface area (Å²) in [5, 5.41) is 5.62. The molecular weight excluding hydrogens is 276 g/mol. The van der Waals surface area contributed by atoms with Crippen LogP contribution in [0.25, 0.3) is 0 Å². The molecule has 116 valence electrons. The van der Waals surface area contributed by atoms with Crippen LogP contribution in [0, 0.1) is 17.8 Å². The first-order chi connectivity index (χ1) is 10.7. The highest BCUT2D eigenvalue weighted by Crippen LogP contribution is 2.43. The van der Waals surface area contributed by atoms with Crippen LogP contribution >= 0.6 is 0 Å². The Kier molecular flexibility index (Phi) is 4.56. The molecule has 0 heterocycles. The van der Waals surface area contributed by atoms with Gasteiger partial charge in [0.25, 0.3) is 0 Å². The van der Waals surface area contributed by atoms with E-state index in [1.54, 1.807) is 0 Å². The molecule has 3 rings (SSSR count). The number of carbonyl (C=O) groups is 2. The van der Waals surface area contributed by atoms with Gasteiger partial charge in [-0.05, 0) is 36.7 Å². The number of carbonyl (C=O) groups excluding carboxylic acids is 2. The minimum Gasteiger partial charge on any atom is -0.354 e. The van der Waals surface area contributed by atoms with Gasteiger partial charge in [0.15, 0.2) is 0 Å². The van der Waals surface area contributed by atoms with Crippen LogP contribution in [-0.4, -0.2) is 24.9 Å². The lowest BCUT2D eigenvalue weighted by Crippen LogP contribution is -2.41. The van der Waals surface area contributed by atoms with Gasteiger partial charge in [0.05, 0.1) is 6.54 Å². The summed E-state index contributed by atoms with van der Waals surface area (Å²) < 4.78 is 0. The lowest BCUT2D eigenvalue weighted by atomic mass is 9.93. The van der Waals surface area contributed by atoms with Gasteiger partial charge in [0.1, 0.15) is 0 Å². The molecule has 3 atom stereocenters. The molecule has 22 heavy (non-hydrogen) atoms. The highest BCUT2D eigenvalue weighted by Gasteiger charge is 2.39. The predicted octanol–water partition coefficient (Wildman–Crippen LogP) is 1.67. The Morgan fingerprint density at radius 3 is 2.55 bits per heavy atom. The average Bonchev–Trinajstić information content (AvgIpc) is 3.17. The number of allylic oxidation sites excluding steroid dienone is 2. The van der Waals surface area contributed by atoms with E-state index in [2.05, 4.69) is 22.8 Å². The first-order valence-electron chi connectivity index (χ1n) is 7.99. The molecule has 4 nitrogen and oxygen atoms in total. The minimum atomic E-state index is -0.122. The van der Waals surface area contributed by atoms with Gasteiger partial charge in [-0.3, -0.25) is 9.59 Å². The molecule has 0 aliphatic heterocycles. The normalized spacial score (nSPS) is 25.2. The van der Waals surface area contributed by atoms with E-state index in [-0.39, 0.29) is 24.3 Å². The number of rotatable bonds is 6. The molecule has 2 N–H and O–H groups in total. The van der Waals surface area contributed by atoms with Gasteiger partial charge in [-0.15, -0.1) is 0 Å². The van der Waals surface area contributed by atoms with Crippen molar-refractivity contribution in [2.24, 2.45) is 17.8 Å². The Morgan fingerprint density at radius 2 is 1.86 bits per heavy atom. The zero-order valence-corrected chi connectivity index (χ0v) is 12.6. The quantitative estimate of drug-likeness (QED) is 0.785. The highest BCUT2D eigenvalue weighted by atomic mass is 16.2. The van der Waals surface area contributed by atoms with E-state index in [1.165, 1.54) is 5.56 Å². The molecule has 2 aliphatic rings. The summed E-state index contributed by atoms with van der Waals surface area (Å²) in [4.78, 5) is 23.9. The minimum absolute atomic E-state index is 0.0232. The Hall–Kier alpha value is -2.10. The molecule has 0 unspecified atom stereocenters. The van der Waals surface area contributed by atoms with Crippen LogP contribution in [0.3, 0.4) is 0 Å². The maximum atomic E-state index is 12.1. The molecule has 0 saturated heterocycles. The number of fused-ring (bicyclic) bond motifs is 2. The van der Waals surface area contributed by atoms with E-state index >= 15 is 0 Å². The number of hydrogen-bond donors (Lipinski definition) is 2.